The van der Waals surface area contributed by atoms with Gasteiger partial charge in [0.1, 0.15) is 18.1 Å². The molecule has 1 N–H and O–H groups in total. The largest absolute Gasteiger partial charge is 0.480 e. The summed E-state index contributed by atoms with van der Waals surface area (Å²) in [4.78, 5) is 10.6. The third-order valence-electron chi connectivity index (χ3n) is 1.81. The van der Waals surface area contributed by atoms with Crippen LogP contribution in [0.25, 0.3) is 0 Å². The van der Waals surface area contributed by atoms with Gasteiger partial charge in [-0.2, -0.15) is 0 Å². The first-order valence-corrected chi connectivity index (χ1v) is 4.80. The molecule has 79 valence electrons. The maximum Gasteiger partial charge on any atom is 0.318 e. The van der Waals surface area contributed by atoms with Crippen molar-refractivity contribution in [3.8, 4) is 12.0 Å². The lowest BCUT2D eigenvalue weighted by molar-refractivity contribution is -0.139. The van der Waals surface area contributed by atoms with Gasteiger partial charge >= 0.3 is 5.97 Å². The predicted octanol–water partition coefficient (Wildman–Crippen LogP) is 2.08. The van der Waals surface area contributed by atoms with E-state index in [1.807, 2.05) is 6.92 Å². The molecular formula is C11H17O3. The molecule has 1 radical (unpaired) electrons. The molecule has 0 spiro atoms. The van der Waals surface area contributed by atoms with Crippen LogP contribution in [0.4, 0.5) is 0 Å². The molecule has 0 rings (SSSR count). The Balaban J connectivity index is 3.95. The van der Waals surface area contributed by atoms with Crippen LogP contribution in [0.1, 0.15) is 33.1 Å². The second kappa shape index (κ2) is 7.25. The Bertz CT molecular complexity index is 224. The summed E-state index contributed by atoms with van der Waals surface area (Å²) in [5, 5.41) is 8.67. The van der Waals surface area contributed by atoms with E-state index in [-0.39, 0.29) is 6.10 Å². The van der Waals surface area contributed by atoms with Crippen molar-refractivity contribution in [2.24, 2.45) is 5.92 Å². The Labute approximate surface area is 85.5 Å². The molecule has 0 saturated carbocycles. The number of ether oxygens (including phenoxy) is 1. The predicted molar refractivity (Wildman–Crippen MR) is 54.3 cm³/mol. The minimum absolute atomic E-state index is 0.0197. The van der Waals surface area contributed by atoms with E-state index in [0.717, 1.165) is 12.8 Å². The number of hydrogen-bond acceptors (Lipinski definition) is 2. The molecule has 2 unspecified atom stereocenters. The molecule has 3 nitrogen and oxygen atoms in total. The number of carboxylic acid groups (broad SMARTS) is 1. The Hall–Kier alpha value is -1.17. The van der Waals surface area contributed by atoms with Gasteiger partial charge in [-0.25, -0.2) is 0 Å². The first-order chi connectivity index (χ1) is 6.61. The number of carboxylic acids is 1. The first-order valence-electron chi connectivity index (χ1n) is 4.80. The van der Waals surface area contributed by atoms with Gasteiger partial charge < -0.3 is 9.84 Å². The van der Waals surface area contributed by atoms with Crippen LogP contribution >= 0.6 is 0 Å². The second-order valence-corrected chi connectivity index (χ2v) is 3.12. The minimum atomic E-state index is -0.895. The van der Waals surface area contributed by atoms with Gasteiger partial charge in [0.15, 0.2) is 0 Å². The number of carbonyl (C=O) groups is 1. The highest BCUT2D eigenvalue weighted by Crippen LogP contribution is 2.02. The van der Waals surface area contributed by atoms with E-state index in [9.17, 15) is 4.79 Å². The molecule has 3 heteroatoms. The monoisotopic (exact) mass is 197 g/mol. The van der Waals surface area contributed by atoms with Crippen molar-refractivity contribution in [3.05, 3.63) is 6.92 Å². The summed E-state index contributed by atoms with van der Waals surface area (Å²) in [6.45, 7) is 7.37. The zero-order valence-electron chi connectivity index (χ0n) is 8.75. The molecule has 0 aromatic carbocycles. The standard InChI is InChI=1S/C11H17O3/c1-4-6-9(3)14-8-7-10(5-2)11(12)13/h9-10H,1,4-6H2,2-3H3,(H,12,13). The molecule has 0 heterocycles. The van der Waals surface area contributed by atoms with Crippen LogP contribution in [0.15, 0.2) is 0 Å². The fourth-order valence-electron chi connectivity index (χ4n) is 0.891. The van der Waals surface area contributed by atoms with E-state index in [1.165, 1.54) is 0 Å². The van der Waals surface area contributed by atoms with Crippen LogP contribution in [-0.4, -0.2) is 17.2 Å². The van der Waals surface area contributed by atoms with Gasteiger partial charge in [-0.15, -0.1) is 0 Å². The van der Waals surface area contributed by atoms with E-state index in [2.05, 4.69) is 19.0 Å². The van der Waals surface area contributed by atoms with Crippen molar-refractivity contribution in [1.29, 1.82) is 0 Å². The fourth-order valence-corrected chi connectivity index (χ4v) is 0.891. The summed E-state index contributed by atoms with van der Waals surface area (Å²) in [6, 6.07) is 0. The van der Waals surface area contributed by atoms with Crippen molar-refractivity contribution in [1.82, 2.24) is 0 Å². The molecule has 0 bridgehead atoms. The van der Waals surface area contributed by atoms with Crippen LogP contribution in [0.2, 0.25) is 0 Å². The number of rotatable bonds is 5. The van der Waals surface area contributed by atoms with Gasteiger partial charge in [-0.3, -0.25) is 4.79 Å². The van der Waals surface area contributed by atoms with Gasteiger partial charge in [0.25, 0.3) is 0 Å². The molecule has 0 aliphatic carbocycles. The zero-order chi connectivity index (χ0) is 11.0. The highest BCUT2D eigenvalue weighted by atomic mass is 16.5. The molecule has 0 aliphatic rings. The van der Waals surface area contributed by atoms with E-state index in [0.29, 0.717) is 6.42 Å². The summed E-state index contributed by atoms with van der Waals surface area (Å²) in [5.41, 5.74) is 0. The van der Waals surface area contributed by atoms with Crippen LogP contribution in [-0.2, 0) is 9.53 Å². The summed E-state index contributed by atoms with van der Waals surface area (Å²) >= 11 is 0. The van der Waals surface area contributed by atoms with Crippen molar-refractivity contribution >= 4 is 5.97 Å². The molecule has 0 aromatic rings. The highest BCUT2D eigenvalue weighted by molar-refractivity contribution is 5.73. The summed E-state index contributed by atoms with van der Waals surface area (Å²) in [6.07, 6.45) is 4.58. The van der Waals surface area contributed by atoms with E-state index < -0.39 is 11.9 Å². The number of aliphatic carboxylic acids is 1. The fraction of sp³-hybridized carbons (Fsp3) is 0.636. The van der Waals surface area contributed by atoms with Crippen LogP contribution in [0, 0.1) is 24.9 Å². The average Bonchev–Trinajstić information content (AvgIpc) is 2.12. The van der Waals surface area contributed by atoms with E-state index >= 15 is 0 Å². The molecule has 2 atom stereocenters. The maximum atomic E-state index is 10.6. The smallest absolute Gasteiger partial charge is 0.318 e. The van der Waals surface area contributed by atoms with E-state index in [4.69, 9.17) is 9.84 Å². The molecule has 0 fully saturated rings. The number of hydrogen-bond donors (Lipinski definition) is 1. The summed E-state index contributed by atoms with van der Waals surface area (Å²) < 4.78 is 5.10. The molecule has 0 amide bonds. The summed E-state index contributed by atoms with van der Waals surface area (Å²) in [7, 11) is 0. The lowest BCUT2D eigenvalue weighted by Gasteiger charge is -2.06. The quantitative estimate of drug-likeness (QED) is 0.686. The van der Waals surface area contributed by atoms with Crippen LogP contribution in [0.3, 0.4) is 0 Å². The third-order valence-corrected chi connectivity index (χ3v) is 1.81. The molecule has 14 heavy (non-hydrogen) atoms. The van der Waals surface area contributed by atoms with E-state index in [1.54, 1.807) is 6.92 Å². The third kappa shape index (κ3) is 5.47. The Morgan fingerprint density at radius 2 is 2.29 bits per heavy atom. The van der Waals surface area contributed by atoms with Gasteiger partial charge in [-0.1, -0.05) is 13.8 Å². The van der Waals surface area contributed by atoms with Gasteiger partial charge in [0, 0.05) is 0 Å². The van der Waals surface area contributed by atoms with Crippen molar-refractivity contribution in [2.75, 3.05) is 0 Å². The van der Waals surface area contributed by atoms with Crippen molar-refractivity contribution in [3.63, 3.8) is 0 Å². The van der Waals surface area contributed by atoms with Crippen molar-refractivity contribution < 1.29 is 14.6 Å². The molecular weight excluding hydrogens is 180 g/mol. The Morgan fingerprint density at radius 3 is 2.71 bits per heavy atom. The van der Waals surface area contributed by atoms with Gasteiger partial charge in [0.05, 0.1) is 0 Å². The average molecular weight is 197 g/mol. The zero-order valence-corrected chi connectivity index (χ0v) is 8.75. The van der Waals surface area contributed by atoms with Crippen LogP contribution in [0.5, 0.6) is 0 Å². The normalized spacial score (nSPS) is 13.6. The Morgan fingerprint density at radius 1 is 1.64 bits per heavy atom. The topological polar surface area (TPSA) is 46.5 Å². The van der Waals surface area contributed by atoms with Crippen molar-refractivity contribution in [2.45, 2.75) is 39.2 Å². The lowest BCUT2D eigenvalue weighted by Crippen LogP contribution is -2.10. The van der Waals surface area contributed by atoms with Crippen LogP contribution < -0.4 is 0 Å². The molecule has 0 saturated heterocycles. The lowest BCUT2D eigenvalue weighted by atomic mass is 10.1. The first kappa shape index (κ1) is 12.8. The van der Waals surface area contributed by atoms with Gasteiger partial charge in [0.2, 0.25) is 0 Å². The molecule has 0 aliphatic heterocycles. The second-order valence-electron chi connectivity index (χ2n) is 3.12. The SMILES string of the molecule is [CH2]CCC(C)OC#CC(CC)C(=O)O. The Kier molecular flexibility index (Phi) is 6.65. The molecule has 0 aromatic heterocycles. The minimum Gasteiger partial charge on any atom is -0.480 e. The van der Waals surface area contributed by atoms with Gasteiger partial charge in [-0.05, 0) is 32.1 Å². The highest BCUT2D eigenvalue weighted by Gasteiger charge is 2.10. The maximum absolute atomic E-state index is 10.6. The summed E-state index contributed by atoms with van der Waals surface area (Å²) in [5.74, 6) is 1.05.